The number of carbonyl (C=O) groups excluding carboxylic acids is 1. The highest BCUT2D eigenvalue weighted by atomic mass is 19.1. The molecule has 0 saturated carbocycles. The number of carbonyl (C=O) groups is 1. The van der Waals surface area contributed by atoms with Gasteiger partial charge in [-0.15, -0.1) is 0 Å². The van der Waals surface area contributed by atoms with Crippen LogP contribution in [0.4, 0.5) is 14.5 Å². The van der Waals surface area contributed by atoms with Crippen molar-refractivity contribution >= 4 is 11.6 Å². The van der Waals surface area contributed by atoms with Crippen LogP contribution in [0.1, 0.15) is 22.8 Å². The van der Waals surface area contributed by atoms with Gasteiger partial charge in [0, 0.05) is 29.9 Å². The molecule has 110 valence electrons. The van der Waals surface area contributed by atoms with Crippen molar-refractivity contribution in [2.24, 2.45) is 0 Å². The van der Waals surface area contributed by atoms with E-state index in [1.165, 1.54) is 0 Å². The van der Waals surface area contributed by atoms with E-state index in [9.17, 15) is 13.6 Å². The number of rotatable bonds is 5. The van der Waals surface area contributed by atoms with E-state index in [1.807, 2.05) is 6.92 Å². The van der Waals surface area contributed by atoms with E-state index in [2.05, 4.69) is 10.6 Å². The lowest BCUT2D eigenvalue weighted by Crippen LogP contribution is -2.23. The van der Waals surface area contributed by atoms with Crippen LogP contribution in [0.2, 0.25) is 0 Å². The zero-order valence-electron chi connectivity index (χ0n) is 11.6. The number of anilines is 1. The molecule has 3 nitrogen and oxygen atoms in total. The van der Waals surface area contributed by atoms with Crippen molar-refractivity contribution in [3.05, 3.63) is 65.2 Å². The van der Waals surface area contributed by atoms with Crippen LogP contribution in [0.25, 0.3) is 0 Å². The molecule has 0 bridgehead atoms. The van der Waals surface area contributed by atoms with Crippen LogP contribution in [-0.4, -0.2) is 12.5 Å². The Morgan fingerprint density at radius 2 is 1.81 bits per heavy atom. The number of amides is 1. The largest absolute Gasteiger partial charge is 0.385 e. The highest BCUT2D eigenvalue weighted by Crippen LogP contribution is 2.11. The van der Waals surface area contributed by atoms with Crippen LogP contribution < -0.4 is 10.6 Å². The Labute approximate surface area is 122 Å². The van der Waals surface area contributed by atoms with Crippen molar-refractivity contribution in [1.29, 1.82) is 0 Å². The monoisotopic (exact) mass is 290 g/mol. The zero-order chi connectivity index (χ0) is 15.2. The van der Waals surface area contributed by atoms with E-state index in [0.717, 1.165) is 30.4 Å². The summed E-state index contributed by atoms with van der Waals surface area (Å²) in [6.45, 7) is 2.72. The van der Waals surface area contributed by atoms with Crippen LogP contribution >= 0.6 is 0 Å². The molecule has 0 heterocycles. The summed E-state index contributed by atoms with van der Waals surface area (Å²) in [6, 6.07) is 10.1. The minimum absolute atomic E-state index is 0.0581. The quantitative estimate of drug-likeness (QED) is 0.887. The van der Waals surface area contributed by atoms with Gasteiger partial charge in [0.2, 0.25) is 0 Å². The highest BCUT2D eigenvalue weighted by molar-refractivity contribution is 5.94. The Bertz CT molecular complexity index is 627. The summed E-state index contributed by atoms with van der Waals surface area (Å²) in [7, 11) is 0. The normalized spacial score (nSPS) is 10.2. The lowest BCUT2D eigenvalue weighted by molar-refractivity contribution is 0.0950. The maximum atomic E-state index is 13.4. The molecule has 0 saturated heterocycles. The van der Waals surface area contributed by atoms with Gasteiger partial charge in [-0.25, -0.2) is 8.78 Å². The van der Waals surface area contributed by atoms with Gasteiger partial charge >= 0.3 is 0 Å². The molecule has 0 aromatic heterocycles. The lowest BCUT2D eigenvalue weighted by Gasteiger charge is -2.08. The number of halogens is 2. The third-order valence-electron chi connectivity index (χ3n) is 2.98. The van der Waals surface area contributed by atoms with Crippen molar-refractivity contribution in [1.82, 2.24) is 5.32 Å². The number of hydrogen-bond donors (Lipinski definition) is 2. The molecule has 0 unspecified atom stereocenters. The number of benzene rings is 2. The first-order valence-corrected chi connectivity index (χ1v) is 6.66. The minimum atomic E-state index is -0.542. The van der Waals surface area contributed by atoms with Crippen LogP contribution in [0.3, 0.4) is 0 Å². The molecule has 0 radical (unpaired) electrons. The van der Waals surface area contributed by atoms with Gasteiger partial charge in [-0.3, -0.25) is 4.79 Å². The first kappa shape index (κ1) is 15.0. The predicted molar refractivity (Wildman–Crippen MR) is 78.1 cm³/mol. The second kappa shape index (κ2) is 6.83. The molecule has 5 heteroatoms. The molecule has 0 aliphatic rings. The molecule has 0 atom stereocenters. The maximum absolute atomic E-state index is 13.4. The average Bonchev–Trinajstić information content (AvgIpc) is 2.49. The number of hydrogen-bond acceptors (Lipinski definition) is 2. The fourth-order valence-corrected chi connectivity index (χ4v) is 1.90. The Balaban J connectivity index is 1.99. The Morgan fingerprint density at radius 3 is 2.48 bits per heavy atom. The maximum Gasteiger partial charge on any atom is 0.251 e. The fraction of sp³-hybridized carbons (Fsp3) is 0.188. The summed E-state index contributed by atoms with van der Waals surface area (Å²) in [6.07, 6.45) is 0. The Hall–Kier alpha value is -2.43. The van der Waals surface area contributed by atoms with Gasteiger partial charge in [0.05, 0.1) is 0 Å². The van der Waals surface area contributed by atoms with Crippen molar-refractivity contribution in [2.75, 3.05) is 11.9 Å². The van der Waals surface area contributed by atoms with Gasteiger partial charge < -0.3 is 10.6 Å². The molecule has 21 heavy (non-hydrogen) atoms. The molecular weight excluding hydrogens is 274 g/mol. The zero-order valence-corrected chi connectivity index (χ0v) is 11.6. The van der Waals surface area contributed by atoms with Gasteiger partial charge in [-0.05, 0) is 49.4 Å². The Kier molecular flexibility index (Phi) is 4.87. The predicted octanol–water partition coefficient (Wildman–Crippen LogP) is 3.33. The van der Waals surface area contributed by atoms with Gasteiger partial charge in [-0.2, -0.15) is 0 Å². The average molecular weight is 290 g/mol. The van der Waals surface area contributed by atoms with E-state index >= 15 is 0 Å². The van der Waals surface area contributed by atoms with Gasteiger partial charge in [0.25, 0.3) is 5.91 Å². The van der Waals surface area contributed by atoms with Crippen LogP contribution in [0.5, 0.6) is 0 Å². The van der Waals surface area contributed by atoms with Crippen LogP contribution in [0.15, 0.2) is 42.5 Å². The van der Waals surface area contributed by atoms with Crippen molar-refractivity contribution < 1.29 is 13.6 Å². The first-order valence-electron chi connectivity index (χ1n) is 6.66. The van der Waals surface area contributed by atoms with E-state index < -0.39 is 11.6 Å². The molecule has 2 aromatic rings. The lowest BCUT2D eigenvalue weighted by atomic mass is 10.1. The summed E-state index contributed by atoms with van der Waals surface area (Å²) in [4.78, 5) is 11.9. The SMILES string of the molecule is CCNc1ccc(C(=O)NCc2cc(F)ccc2F)cc1. The second-order valence-corrected chi connectivity index (χ2v) is 4.53. The smallest absolute Gasteiger partial charge is 0.251 e. The summed E-state index contributed by atoms with van der Waals surface area (Å²) >= 11 is 0. The topological polar surface area (TPSA) is 41.1 Å². The molecule has 1 amide bonds. The number of nitrogens with one attached hydrogen (secondary N) is 2. The molecule has 2 N–H and O–H groups in total. The molecule has 2 aromatic carbocycles. The standard InChI is InChI=1S/C16H16F2N2O/c1-2-19-14-6-3-11(4-7-14)16(21)20-10-12-9-13(17)5-8-15(12)18/h3-9,19H,2,10H2,1H3,(H,20,21). The van der Waals surface area contributed by atoms with Gasteiger partial charge in [-0.1, -0.05) is 0 Å². The van der Waals surface area contributed by atoms with Crippen LogP contribution in [-0.2, 0) is 6.54 Å². The van der Waals surface area contributed by atoms with Crippen molar-refractivity contribution in [2.45, 2.75) is 13.5 Å². The highest BCUT2D eigenvalue weighted by Gasteiger charge is 2.08. The molecule has 0 fully saturated rings. The minimum Gasteiger partial charge on any atom is -0.385 e. The molecular formula is C16H16F2N2O. The van der Waals surface area contributed by atoms with Gasteiger partial charge in [0.15, 0.2) is 0 Å². The fourth-order valence-electron chi connectivity index (χ4n) is 1.90. The third-order valence-corrected chi connectivity index (χ3v) is 2.98. The summed E-state index contributed by atoms with van der Waals surface area (Å²) in [5.41, 5.74) is 1.51. The first-order chi connectivity index (χ1) is 10.1. The summed E-state index contributed by atoms with van der Waals surface area (Å²) in [5, 5.41) is 5.69. The van der Waals surface area contributed by atoms with Crippen LogP contribution in [0, 0.1) is 11.6 Å². The molecule has 0 spiro atoms. The van der Waals surface area contributed by atoms with Crippen molar-refractivity contribution in [3.63, 3.8) is 0 Å². The molecule has 2 rings (SSSR count). The molecule has 0 aliphatic carbocycles. The second-order valence-electron chi connectivity index (χ2n) is 4.53. The Morgan fingerprint density at radius 1 is 1.10 bits per heavy atom. The van der Waals surface area contributed by atoms with Crippen molar-refractivity contribution in [3.8, 4) is 0 Å². The summed E-state index contributed by atoms with van der Waals surface area (Å²) in [5.74, 6) is -1.41. The molecule has 0 aliphatic heterocycles. The van der Waals surface area contributed by atoms with E-state index in [-0.39, 0.29) is 18.0 Å². The van der Waals surface area contributed by atoms with E-state index in [1.54, 1.807) is 24.3 Å². The van der Waals surface area contributed by atoms with E-state index in [4.69, 9.17) is 0 Å². The summed E-state index contributed by atoms with van der Waals surface area (Å²) < 4.78 is 26.5. The van der Waals surface area contributed by atoms with E-state index in [0.29, 0.717) is 5.56 Å². The third kappa shape index (κ3) is 4.02. The van der Waals surface area contributed by atoms with Gasteiger partial charge in [0.1, 0.15) is 11.6 Å².